The van der Waals surface area contributed by atoms with E-state index in [2.05, 4.69) is 45.3 Å². The first-order valence-electron chi connectivity index (χ1n) is 8.47. The molecule has 2 rings (SSSR count). The lowest BCUT2D eigenvalue weighted by molar-refractivity contribution is -0.136. The summed E-state index contributed by atoms with van der Waals surface area (Å²) < 4.78 is 39.3. The predicted octanol–water partition coefficient (Wildman–Crippen LogP) is 6.93. The van der Waals surface area contributed by atoms with Gasteiger partial charge in [-0.05, 0) is 27.4 Å². The van der Waals surface area contributed by atoms with Crippen molar-refractivity contribution in [3.05, 3.63) is 48.0 Å². The van der Waals surface area contributed by atoms with Gasteiger partial charge in [0.05, 0.1) is 12.3 Å². The van der Waals surface area contributed by atoms with Crippen molar-refractivity contribution in [1.29, 1.82) is 0 Å². The highest BCUT2D eigenvalue weighted by atomic mass is 28.3. The third kappa shape index (κ3) is 5.12. The molecule has 0 amide bonds. The second-order valence-electron chi connectivity index (χ2n) is 8.12. The van der Waals surface area contributed by atoms with Gasteiger partial charge in [0.25, 0.3) is 0 Å². The minimum absolute atomic E-state index is 0.0200. The number of alkyl halides is 3. The zero-order valence-electron chi connectivity index (χ0n) is 15.5. The summed E-state index contributed by atoms with van der Waals surface area (Å²) in [7, 11) is -1.96. The molecule has 0 spiro atoms. The Kier molecular flexibility index (Phi) is 5.39. The lowest BCUT2D eigenvalue weighted by Gasteiger charge is -2.31. The molecule has 0 aliphatic rings. The molecule has 2 aromatic rings. The Morgan fingerprint density at radius 3 is 2.12 bits per heavy atom. The Balaban J connectivity index is 2.46. The Hall–Kier alpha value is -1.73. The van der Waals surface area contributed by atoms with E-state index in [0.717, 1.165) is 10.8 Å². The van der Waals surface area contributed by atoms with Crippen LogP contribution in [0, 0.1) is 11.5 Å². The van der Waals surface area contributed by atoms with Gasteiger partial charge in [-0.2, -0.15) is 13.2 Å². The maximum Gasteiger partial charge on any atom is 0.390 e. The molecule has 0 heterocycles. The third-order valence-electron chi connectivity index (χ3n) is 5.05. The molecular weight excluding hydrogens is 337 g/mol. The summed E-state index contributed by atoms with van der Waals surface area (Å²) in [6.07, 6.45) is -5.15. The van der Waals surface area contributed by atoms with E-state index in [1.54, 1.807) is 6.07 Å². The number of hydrogen-bond acceptors (Lipinski definition) is 0. The Morgan fingerprint density at radius 1 is 0.960 bits per heavy atom. The SMILES string of the molecule is CC(C)(C)[Si](C)(C)C#CC(CC(F)(F)F)c1ccc2ccccc2c1. The Morgan fingerprint density at radius 2 is 1.56 bits per heavy atom. The van der Waals surface area contributed by atoms with Crippen molar-refractivity contribution < 1.29 is 13.2 Å². The fourth-order valence-electron chi connectivity index (χ4n) is 2.36. The van der Waals surface area contributed by atoms with Gasteiger partial charge in [-0.1, -0.05) is 70.3 Å². The molecule has 4 heteroatoms. The first kappa shape index (κ1) is 19.6. The van der Waals surface area contributed by atoms with Gasteiger partial charge in [-0.25, -0.2) is 0 Å². The largest absolute Gasteiger partial charge is 0.390 e. The van der Waals surface area contributed by atoms with Gasteiger partial charge in [0, 0.05) is 0 Å². The summed E-state index contributed by atoms with van der Waals surface area (Å²) in [4.78, 5) is 0. The summed E-state index contributed by atoms with van der Waals surface area (Å²) in [5.41, 5.74) is 3.90. The van der Waals surface area contributed by atoms with E-state index in [9.17, 15) is 13.2 Å². The third-order valence-corrected chi connectivity index (χ3v) is 9.56. The normalized spacial score (nSPS) is 14.1. The van der Waals surface area contributed by atoms with Crippen LogP contribution in [0.15, 0.2) is 42.5 Å². The summed E-state index contributed by atoms with van der Waals surface area (Å²) in [6, 6.07) is 13.2. The molecule has 0 saturated carbocycles. The standard InChI is InChI=1S/C21H25F3Si/c1-20(2,3)25(4,5)13-12-19(15-21(22,23)24)18-11-10-16-8-6-7-9-17(16)14-18/h6-11,14,19H,15H2,1-5H3. The van der Waals surface area contributed by atoms with Gasteiger partial charge < -0.3 is 0 Å². The predicted molar refractivity (Wildman–Crippen MR) is 102 cm³/mol. The maximum absolute atomic E-state index is 13.1. The van der Waals surface area contributed by atoms with E-state index < -0.39 is 26.6 Å². The van der Waals surface area contributed by atoms with Crippen LogP contribution in [0.25, 0.3) is 10.8 Å². The van der Waals surface area contributed by atoms with E-state index in [1.165, 1.54) is 0 Å². The molecule has 1 unspecified atom stereocenters. The van der Waals surface area contributed by atoms with Crippen molar-refractivity contribution in [2.24, 2.45) is 0 Å². The number of benzene rings is 2. The van der Waals surface area contributed by atoms with Crippen molar-refractivity contribution >= 4 is 18.8 Å². The minimum atomic E-state index is -4.24. The van der Waals surface area contributed by atoms with Crippen LogP contribution in [0.5, 0.6) is 0 Å². The molecule has 0 saturated heterocycles. The Labute approximate surface area is 149 Å². The molecule has 0 aromatic heterocycles. The molecule has 25 heavy (non-hydrogen) atoms. The number of hydrogen-bond donors (Lipinski definition) is 0. The smallest absolute Gasteiger partial charge is 0.171 e. The van der Waals surface area contributed by atoms with Gasteiger partial charge >= 0.3 is 6.18 Å². The zero-order chi connectivity index (χ0) is 18.9. The molecule has 0 aliphatic carbocycles. The first-order chi connectivity index (χ1) is 11.4. The molecule has 0 radical (unpaired) electrons. The highest BCUT2D eigenvalue weighted by Gasteiger charge is 2.35. The van der Waals surface area contributed by atoms with Gasteiger partial charge in [-0.3, -0.25) is 0 Å². The highest BCUT2D eigenvalue weighted by Crippen LogP contribution is 2.36. The summed E-state index contributed by atoms with van der Waals surface area (Å²) in [5.74, 6) is 2.18. The molecule has 0 nitrogen and oxygen atoms in total. The van der Waals surface area contributed by atoms with Crippen LogP contribution in [0.2, 0.25) is 18.1 Å². The van der Waals surface area contributed by atoms with E-state index in [0.29, 0.717) is 5.56 Å². The molecular formula is C21H25F3Si. The molecule has 134 valence electrons. The fraction of sp³-hybridized carbons (Fsp3) is 0.429. The highest BCUT2D eigenvalue weighted by molar-refractivity contribution is 6.87. The molecule has 0 bridgehead atoms. The lowest BCUT2D eigenvalue weighted by atomic mass is 9.94. The molecule has 0 aliphatic heterocycles. The maximum atomic E-state index is 13.1. The van der Waals surface area contributed by atoms with Gasteiger partial charge in [0.15, 0.2) is 0 Å². The average Bonchev–Trinajstić information content (AvgIpc) is 2.49. The van der Waals surface area contributed by atoms with E-state index >= 15 is 0 Å². The van der Waals surface area contributed by atoms with Gasteiger partial charge in [0.1, 0.15) is 8.07 Å². The van der Waals surface area contributed by atoms with Crippen LogP contribution >= 0.6 is 0 Å². The second-order valence-corrected chi connectivity index (χ2v) is 13.1. The van der Waals surface area contributed by atoms with Crippen molar-refractivity contribution in [3.8, 4) is 11.5 Å². The summed E-state index contributed by atoms with van der Waals surface area (Å²) >= 11 is 0. The molecule has 0 N–H and O–H groups in total. The molecule has 0 fully saturated rings. The number of fused-ring (bicyclic) bond motifs is 1. The van der Waals surface area contributed by atoms with E-state index in [4.69, 9.17) is 0 Å². The monoisotopic (exact) mass is 362 g/mol. The Bertz CT molecular complexity index is 801. The minimum Gasteiger partial charge on any atom is -0.171 e. The van der Waals surface area contributed by atoms with Crippen molar-refractivity contribution in [2.45, 2.75) is 57.4 Å². The molecule has 2 aromatic carbocycles. The van der Waals surface area contributed by atoms with Crippen LogP contribution in [0.1, 0.15) is 38.7 Å². The van der Waals surface area contributed by atoms with Crippen LogP contribution in [-0.2, 0) is 0 Å². The van der Waals surface area contributed by atoms with Gasteiger partial charge in [0.2, 0.25) is 0 Å². The van der Waals surface area contributed by atoms with Crippen molar-refractivity contribution in [3.63, 3.8) is 0 Å². The molecule has 1 atom stereocenters. The zero-order valence-corrected chi connectivity index (χ0v) is 16.5. The van der Waals surface area contributed by atoms with Crippen molar-refractivity contribution in [2.75, 3.05) is 0 Å². The van der Waals surface area contributed by atoms with E-state index in [-0.39, 0.29) is 5.04 Å². The average molecular weight is 363 g/mol. The van der Waals surface area contributed by atoms with Crippen LogP contribution < -0.4 is 0 Å². The lowest BCUT2D eigenvalue weighted by Crippen LogP contribution is -2.35. The number of rotatable bonds is 2. The fourth-order valence-corrected chi connectivity index (χ4v) is 3.27. The van der Waals surface area contributed by atoms with E-state index in [1.807, 2.05) is 36.4 Å². The topological polar surface area (TPSA) is 0 Å². The summed E-state index contributed by atoms with van der Waals surface area (Å²) in [6.45, 7) is 10.6. The van der Waals surface area contributed by atoms with Crippen molar-refractivity contribution in [1.82, 2.24) is 0 Å². The van der Waals surface area contributed by atoms with Crippen LogP contribution in [0.4, 0.5) is 13.2 Å². The number of halogens is 3. The van der Waals surface area contributed by atoms with Crippen LogP contribution in [-0.4, -0.2) is 14.3 Å². The summed E-state index contributed by atoms with van der Waals surface area (Å²) in [5, 5.41) is 1.99. The van der Waals surface area contributed by atoms with Crippen LogP contribution in [0.3, 0.4) is 0 Å². The van der Waals surface area contributed by atoms with Gasteiger partial charge in [-0.15, -0.1) is 11.5 Å². The first-order valence-corrected chi connectivity index (χ1v) is 11.5. The quantitative estimate of drug-likeness (QED) is 0.401. The second kappa shape index (κ2) is 6.88.